The molecule has 2 aromatic carbocycles. The summed E-state index contributed by atoms with van der Waals surface area (Å²) in [7, 11) is 1.50. The minimum absolute atomic E-state index is 0.441. The van der Waals surface area contributed by atoms with Crippen molar-refractivity contribution in [2.24, 2.45) is 0 Å². The molecule has 0 bridgehead atoms. The third-order valence-corrected chi connectivity index (χ3v) is 4.22. The first kappa shape index (κ1) is 19.9. The van der Waals surface area contributed by atoms with Gasteiger partial charge >= 0.3 is 0 Å². The van der Waals surface area contributed by atoms with Gasteiger partial charge in [0, 0.05) is 12.0 Å². The average Bonchev–Trinajstić information content (AvgIpc) is 3.09. The van der Waals surface area contributed by atoms with E-state index >= 15 is 0 Å². The van der Waals surface area contributed by atoms with Crippen molar-refractivity contribution in [2.75, 3.05) is 20.3 Å². The quantitative estimate of drug-likeness (QED) is 0.375. The maximum atomic E-state index is 5.86. The van der Waals surface area contributed by atoms with E-state index < -0.39 is 0 Å². The molecule has 0 aliphatic heterocycles. The Bertz CT molecular complexity index is 898. The van der Waals surface area contributed by atoms with Crippen LogP contribution in [0, 0.1) is 6.92 Å². The molecule has 0 atom stereocenters. The highest BCUT2D eigenvalue weighted by Crippen LogP contribution is 2.22. The smallest absolute Gasteiger partial charge is 0.226 e. The van der Waals surface area contributed by atoms with Gasteiger partial charge in [0.1, 0.15) is 18.1 Å². The molecular formula is C23H25NO4. The average molecular weight is 379 g/mol. The summed E-state index contributed by atoms with van der Waals surface area (Å²) in [6, 6.07) is 17.9. The largest absolute Gasteiger partial charge is 0.493 e. The lowest BCUT2D eigenvalue weighted by molar-refractivity contribution is -0.264. The molecule has 0 unspecified atom stereocenters. The molecule has 0 amide bonds. The molecule has 146 valence electrons. The van der Waals surface area contributed by atoms with Crippen LogP contribution < -0.4 is 4.74 Å². The summed E-state index contributed by atoms with van der Waals surface area (Å²) in [5.41, 5.74) is 4.07. The minimum Gasteiger partial charge on any atom is -0.493 e. The van der Waals surface area contributed by atoms with Crippen LogP contribution in [0.1, 0.15) is 23.9 Å². The fraction of sp³-hybridized carbons (Fsp3) is 0.261. The van der Waals surface area contributed by atoms with Gasteiger partial charge in [-0.25, -0.2) is 14.8 Å². The number of oxazole rings is 1. The van der Waals surface area contributed by atoms with Crippen LogP contribution >= 0.6 is 0 Å². The highest BCUT2D eigenvalue weighted by molar-refractivity contribution is 5.54. The standard InChI is InChI=1S/C23H25NO4/c1-17(16-27-25-3)15-19-9-11-21(12-10-19)26-14-13-22-18(2)28-23(24-22)20-7-5-4-6-8-20/h4-12,15H,13-14,16H2,1-3H3/b17-15+. The van der Waals surface area contributed by atoms with Gasteiger partial charge in [0.05, 0.1) is 19.4 Å². The van der Waals surface area contributed by atoms with Gasteiger partial charge in [-0.1, -0.05) is 36.4 Å². The van der Waals surface area contributed by atoms with Gasteiger partial charge in [-0.15, -0.1) is 0 Å². The van der Waals surface area contributed by atoms with Crippen LogP contribution in [0.15, 0.2) is 64.6 Å². The van der Waals surface area contributed by atoms with E-state index in [0.29, 0.717) is 25.5 Å². The van der Waals surface area contributed by atoms with Gasteiger partial charge in [-0.3, -0.25) is 0 Å². The number of hydrogen-bond acceptors (Lipinski definition) is 5. The lowest BCUT2D eigenvalue weighted by Gasteiger charge is -2.06. The zero-order chi connectivity index (χ0) is 19.8. The van der Waals surface area contributed by atoms with E-state index in [0.717, 1.165) is 33.9 Å². The summed E-state index contributed by atoms with van der Waals surface area (Å²) < 4.78 is 11.6. The van der Waals surface area contributed by atoms with E-state index in [-0.39, 0.29) is 0 Å². The van der Waals surface area contributed by atoms with Gasteiger partial charge in [0.15, 0.2) is 0 Å². The third kappa shape index (κ3) is 5.55. The molecule has 0 radical (unpaired) electrons. The summed E-state index contributed by atoms with van der Waals surface area (Å²) in [4.78, 5) is 14.1. The fourth-order valence-corrected chi connectivity index (χ4v) is 2.77. The van der Waals surface area contributed by atoms with E-state index in [1.165, 1.54) is 7.11 Å². The molecule has 5 nitrogen and oxygen atoms in total. The molecule has 0 aliphatic rings. The highest BCUT2D eigenvalue weighted by Gasteiger charge is 2.11. The Hall–Kier alpha value is -2.89. The number of aromatic nitrogens is 1. The topological polar surface area (TPSA) is 53.7 Å². The first-order chi connectivity index (χ1) is 13.7. The summed E-state index contributed by atoms with van der Waals surface area (Å²) in [5, 5.41) is 0. The number of benzene rings is 2. The van der Waals surface area contributed by atoms with Crippen LogP contribution in [0.4, 0.5) is 0 Å². The number of hydrogen-bond donors (Lipinski definition) is 0. The summed E-state index contributed by atoms with van der Waals surface area (Å²) in [5.74, 6) is 2.31. The Kier molecular flexibility index (Phi) is 7.00. The van der Waals surface area contributed by atoms with Gasteiger partial charge in [-0.2, -0.15) is 0 Å². The fourth-order valence-electron chi connectivity index (χ4n) is 2.77. The molecule has 3 aromatic rings. The lowest BCUT2D eigenvalue weighted by Crippen LogP contribution is -2.02. The third-order valence-electron chi connectivity index (χ3n) is 4.22. The van der Waals surface area contributed by atoms with Crippen LogP contribution in [-0.2, 0) is 16.2 Å². The Labute approximate surface area is 165 Å². The van der Waals surface area contributed by atoms with Crippen molar-refractivity contribution in [3.8, 4) is 17.2 Å². The van der Waals surface area contributed by atoms with Crippen molar-refractivity contribution in [1.29, 1.82) is 0 Å². The predicted octanol–water partition coefficient (Wildman–Crippen LogP) is 5.25. The van der Waals surface area contributed by atoms with Crippen molar-refractivity contribution in [3.05, 3.63) is 77.2 Å². The molecule has 28 heavy (non-hydrogen) atoms. The van der Waals surface area contributed by atoms with E-state index in [9.17, 15) is 0 Å². The maximum absolute atomic E-state index is 5.86. The zero-order valence-corrected chi connectivity index (χ0v) is 16.5. The Morgan fingerprint density at radius 3 is 2.54 bits per heavy atom. The first-order valence-electron chi connectivity index (χ1n) is 9.23. The summed E-state index contributed by atoms with van der Waals surface area (Å²) in [6.45, 7) is 4.91. The molecule has 0 N–H and O–H groups in total. The maximum Gasteiger partial charge on any atom is 0.226 e. The van der Waals surface area contributed by atoms with E-state index in [2.05, 4.69) is 9.87 Å². The van der Waals surface area contributed by atoms with Crippen LogP contribution in [-0.4, -0.2) is 25.3 Å². The van der Waals surface area contributed by atoms with E-state index in [1.54, 1.807) is 0 Å². The normalized spacial score (nSPS) is 11.6. The SMILES string of the molecule is COOC/C(C)=C/c1ccc(OCCc2nc(-c3ccccc3)oc2C)cc1. The minimum atomic E-state index is 0.441. The van der Waals surface area contributed by atoms with Crippen LogP contribution in [0.2, 0.25) is 0 Å². The van der Waals surface area contributed by atoms with Gasteiger partial charge < -0.3 is 9.15 Å². The van der Waals surface area contributed by atoms with Crippen molar-refractivity contribution in [2.45, 2.75) is 20.3 Å². The zero-order valence-electron chi connectivity index (χ0n) is 16.5. The molecular weight excluding hydrogens is 354 g/mol. The molecule has 0 spiro atoms. The van der Waals surface area contributed by atoms with Crippen molar-refractivity contribution >= 4 is 6.08 Å². The first-order valence-corrected chi connectivity index (χ1v) is 9.23. The van der Waals surface area contributed by atoms with E-state index in [4.69, 9.17) is 14.0 Å². The number of rotatable bonds is 9. The van der Waals surface area contributed by atoms with Crippen LogP contribution in [0.25, 0.3) is 17.5 Å². The molecule has 5 heteroatoms. The second-order valence-corrected chi connectivity index (χ2v) is 6.47. The van der Waals surface area contributed by atoms with E-state index in [1.807, 2.05) is 74.5 Å². The second-order valence-electron chi connectivity index (χ2n) is 6.47. The predicted molar refractivity (Wildman–Crippen MR) is 109 cm³/mol. The Morgan fingerprint density at radius 1 is 1.07 bits per heavy atom. The van der Waals surface area contributed by atoms with Crippen molar-refractivity contribution in [1.82, 2.24) is 4.98 Å². The highest BCUT2D eigenvalue weighted by atomic mass is 17.2. The molecule has 0 fully saturated rings. The molecule has 1 aromatic heterocycles. The monoisotopic (exact) mass is 379 g/mol. The number of nitrogens with zero attached hydrogens (tertiary/aromatic N) is 1. The van der Waals surface area contributed by atoms with Gasteiger partial charge in [-0.05, 0) is 49.2 Å². The van der Waals surface area contributed by atoms with Gasteiger partial charge in [0.25, 0.3) is 0 Å². The van der Waals surface area contributed by atoms with Crippen LogP contribution in [0.5, 0.6) is 5.75 Å². The summed E-state index contributed by atoms with van der Waals surface area (Å²) in [6.07, 6.45) is 2.74. The Morgan fingerprint density at radius 2 is 1.82 bits per heavy atom. The van der Waals surface area contributed by atoms with Crippen LogP contribution in [0.3, 0.4) is 0 Å². The number of ether oxygens (including phenoxy) is 1. The molecule has 0 aliphatic carbocycles. The summed E-state index contributed by atoms with van der Waals surface area (Å²) >= 11 is 0. The molecule has 0 saturated heterocycles. The lowest BCUT2D eigenvalue weighted by atomic mass is 10.1. The molecule has 1 heterocycles. The Balaban J connectivity index is 1.53. The van der Waals surface area contributed by atoms with Gasteiger partial charge in [0.2, 0.25) is 5.89 Å². The molecule has 3 rings (SSSR count). The number of aryl methyl sites for hydroxylation is 1. The van der Waals surface area contributed by atoms with Crippen molar-refractivity contribution in [3.63, 3.8) is 0 Å². The van der Waals surface area contributed by atoms with Crippen molar-refractivity contribution < 1.29 is 18.9 Å². The molecule has 0 saturated carbocycles. The second kappa shape index (κ2) is 9.88.